The highest BCUT2D eigenvalue weighted by Gasteiger charge is 2.50. The van der Waals surface area contributed by atoms with E-state index in [9.17, 15) is 4.79 Å². The van der Waals surface area contributed by atoms with Crippen molar-refractivity contribution in [3.63, 3.8) is 0 Å². The van der Waals surface area contributed by atoms with Gasteiger partial charge in [-0.2, -0.15) is 0 Å². The van der Waals surface area contributed by atoms with Crippen LogP contribution in [0.25, 0.3) is 0 Å². The predicted molar refractivity (Wildman–Crippen MR) is 179 cm³/mol. The quantitative estimate of drug-likeness (QED) is 0.109. The normalized spacial score (nSPS) is 21.2. The van der Waals surface area contributed by atoms with Crippen LogP contribution >= 0.6 is 11.3 Å². The van der Waals surface area contributed by atoms with Crippen LogP contribution in [0.1, 0.15) is 38.5 Å². The molecule has 0 unspecified atom stereocenters. The summed E-state index contributed by atoms with van der Waals surface area (Å²) >= 11 is 1.36. The van der Waals surface area contributed by atoms with Gasteiger partial charge in [0.1, 0.15) is 6.10 Å². The van der Waals surface area contributed by atoms with Crippen molar-refractivity contribution in [2.24, 2.45) is 11.8 Å². The number of benzene rings is 4. The Balaban J connectivity index is 1.33. The fourth-order valence-corrected chi connectivity index (χ4v) is 6.68. The summed E-state index contributed by atoms with van der Waals surface area (Å²) in [6.45, 7) is 1.99. The maximum atomic E-state index is 14.2. The fourth-order valence-electron chi connectivity index (χ4n) is 6.04. The molecule has 1 aromatic heterocycles. The summed E-state index contributed by atoms with van der Waals surface area (Å²) in [7, 11) is 0. The summed E-state index contributed by atoms with van der Waals surface area (Å²) in [5.41, 5.74) is 4.23. The van der Waals surface area contributed by atoms with E-state index in [1.165, 1.54) is 11.3 Å². The molecule has 5 atom stereocenters. The molecule has 0 N–H and O–H groups in total. The van der Waals surface area contributed by atoms with Crippen molar-refractivity contribution >= 4 is 17.1 Å². The van der Waals surface area contributed by atoms with E-state index in [1.54, 1.807) is 6.20 Å². The van der Waals surface area contributed by atoms with Crippen LogP contribution in [0, 0.1) is 11.8 Å². The van der Waals surface area contributed by atoms with Crippen molar-refractivity contribution in [1.82, 2.24) is 4.98 Å². The lowest BCUT2D eigenvalue weighted by molar-refractivity contribution is -0.205. The third-order valence-corrected chi connectivity index (χ3v) is 9.13. The van der Waals surface area contributed by atoms with Crippen LogP contribution in [0.5, 0.6) is 0 Å². The number of nitrogens with zero attached hydrogens (tertiary/aromatic N) is 1. The minimum atomic E-state index is -0.563. The molecule has 0 radical (unpaired) electrons. The number of thiazole rings is 1. The second kappa shape index (κ2) is 16.5. The van der Waals surface area contributed by atoms with Crippen LogP contribution in [0.3, 0.4) is 0 Å². The van der Waals surface area contributed by atoms with Crippen LogP contribution in [0.4, 0.5) is 0 Å². The van der Waals surface area contributed by atoms with Gasteiger partial charge >= 0.3 is 0 Å². The highest BCUT2D eigenvalue weighted by Crippen LogP contribution is 2.39. The number of carbonyl (C=O) groups is 1. The van der Waals surface area contributed by atoms with Gasteiger partial charge < -0.3 is 18.9 Å². The number of aromatic nitrogens is 1. The summed E-state index contributed by atoms with van der Waals surface area (Å²) < 4.78 is 26.6. The maximum Gasteiger partial charge on any atom is 0.197 e. The average molecular weight is 634 g/mol. The van der Waals surface area contributed by atoms with Crippen molar-refractivity contribution in [2.45, 2.75) is 51.2 Å². The Morgan fingerprint density at radius 3 is 1.54 bits per heavy atom. The third kappa shape index (κ3) is 8.63. The predicted octanol–water partition coefficient (Wildman–Crippen LogP) is 7.93. The van der Waals surface area contributed by atoms with Crippen molar-refractivity contribution in [3.05, 3.63) is 160 Å². The average Bonchev–Trinajstić information content (AvgIpc) is 3.66. The van der Waals surface area contributed by atoms with Crippen LogP contribution in [0.2, 0.25) is 0 Å². The summed E-state index contributed by atoms with van der Waals surface area (Å²) in [6.07, 6.45) is 0.709. The number of hydrogen-bond acceptors (Lipinski definition) is 7. The smallest absolute Gasteiger partial charge is 0.197 e. The van der Waals surface area contributed by atoms with Crippen LogP contribution < -0.4 is 0 Å². The van der Waals surface area contributed by atoms with Crippen molar-refractivity contribution in [3.8, 4) is 0 Å². The van der Waals surface area contributed by atoms with Gasteiger partial charge in [0.25, 0.3) is 0 Å². The zero-order valence-electron chi connectivity index (χ0n) is 25.7. The molecule has 0 bridgehead atoms. The van der Waals surface area contributed by atoms with Gasteiger partial charge in [-0.15, -0.1) is 11.3 Å². The molecule has 5 aromatic rings. The lowest BCUT2D eigenvalue weighted by atomic mass is 9.73. The molecular formula is C39H39NO5S. The number of ketones is 1. The Kier molecular flexibility index (Phi) is 11.5. The van der Waals surface area contributed by atoms with E-state index in [-0.39, 0.29) is 17.8 Å². The zero-order valence-corrected chi connectivity index (χ0v) is 26.5. The summed E-state index contributed by atoms with van der Waals surface area (Å²) in [4.78, 5) is 18.6. The largest absolute Gasteiger partial charge is 0.376 e. The molecule has 7 heteroatoms. The van der Waals surface area contributed by atoms with Crippen LogP contribution in [-0.4, -0.2) is 35.7 Å². The van der Waals surface area contributed by atoms with E-state index < -0.39 is 18.1 Å². The Hall–Kier alpha value is -3.98. The molecule has 0 amide bonds. The Labute approximate surface area is 275 Å². The number of carbonyl (C=O) groups excluding carboxylic acids is 1. The zero-order chi connectivity index (χ0) is 31.4. The first-order valence-electron chi connectivity index (χ1n) is 15.8. The minimum absolute atomic E-state index is 0.0315. The van der Waals surface area contributed by atoms with E-state index in [1.807, 2.05) is 102 Å². The molecular weight excluding hydrogens is 594 g/mol. The maximum absolute atomic E-state index is 14.2. The second-order valence-electron chi connectivity index (χ2n) is 11.6. The standard InChI is InChI=1S/C39H39NO5S/c41-35(39-40-21-22-46-39)34-23-33(28-42-24-29-13-5-1-6-14-29)36(43-25-30-15-7-2-8-16-30)38(45-27-32-19-11-4-12-20-32)37(34)44-26-31-17-9-3-10-18-31/h1-22,33-34,36-38H,23-28H2/t33-,34+,36-,37+,38+/m1/s1. The summed E-state index contributed by atoms with van der Waals surface area (Å²) in [5.74, 6) is -0.646. The molecule has 0 saturated heterocycles. The van der Waals surface area contributed by atoms with E-state index >= 15 is 0 Å². The van der Waals surface area contributed by atoms with Crippen molar-refractivity contribution < 1.29 is 23.7 Å². The monoisotopic (exact) mass is 633 g/mol. The van der Waals surface area contributed by atoms with Gasteiger partial charge in [0, 0.05) is 17.5 Å². The second-order valence-corrected chi connectivity index (χ2v) is 12.5. The molecule has 4 aromatic carbocycles. The molecule has 0 spiro atoms. The number of ether oxygens (including phenoxy) is 4. The van der Waals surface area contributed by atoms with Gasteiger partial charge in [-0.3, -0.25) is 4.79 Å². The molecule has 6 nitrogen and oxygen atoms in total. The first-order valence-corrected chi connectivity index (χ1v) is 16.6. The van der Waals surface area contributed by atoms with Gasteiger partial charge in [-0.1, -0.05) is 121 Å². The molecule has 1 saturated carbocycles. The van der Waals surface area contributed by atoms with Gasteiger partial charge in [0.05, 0.1) is 51.2 Å². The van der Waals surface area contributed by atoms with Gasteiger partial charge in [0.2, 0.25) is 0 Å². The van der Waals surface area contributed by atoms with Crippen LogP contribution in [0.15, 0.2) is 133 Å². The van der Waals surface area contributed by atoms with E-state index in [2.05, 4.69) is 29.2 Å². The topological polar surface area (TPSA) is 66.9 Å². The van der Waals surface area contributed by atoms with Gasteiger partial charge in [-0.05, 0) is 28.7 Å². The van der Waals surface area contributed by atoms with Gasteiger partial charge in [-0.25, -0.2) is 4.98 Å². The van der Waals surface area contributed by atoms with Crippen molar-refractivity contribution in [2.75, 3.05) is 6.61 Å². The summed E-state index contributed by atoms with van der Waals surface area (Å²) in [5, 5.41) is 2.32. The van der Waals surface area contributed by atoms with Crippen LogP contribution in [-0.2, 0) is 45.4 Å². The molecule has 6 rings (SSSR count). The SMILES string of the molecule is O=C(c1nccs1)[C@@H]1C[C@H](COCc2ccccc2)[C@@H](OCc2ccccc2)[C@H](OCc2ccccc2)[C@H]1OCc1ccccc1. The third-order valence-electron chi connectivity index (χ3n) is 8.34. The number of Topliss-reactive ketones (excluding diaryl/α,β-unsaturated/α-hetero) is 1. The van der Waals surface area contributed by atoms with E-state index in [4.69, 9.17) is 18.9 Å². The molecule has 1 aliphatic carbocycles. The molecule has 1 fully saturated rings. The molecule has 1 heterocycles. The first-order chi connectivity index (χ1) is 22.7. The van der Waals surface area contributed by atoms with E-state index in [0.29, 0.717) is 44.5 Å². The highest BCUT2D eigenvalue weighted by atomic mass is 32.1. The highest BCUT2D eigenvalue weighted by molar-refractivity contribution is 7.11. The molecule has 236 valence electrons. The van der Waals surface area contributed by atoms with E-state index in [0.717, 1.165) is 22.3 Å². The first kappa shape index (κ1) is 32.0. The lowest BCUT2D eigenvalue weighted by Crippen LogP contribution is -2.57. The minimum Gasteiger partial charge on any atom is -0.376 e. The molecule has 46 heavy (non-hydrogen) atoms. The Morgan fingerprint density at radius 1 is 0.609 bits per heavy atom. The fraction of sp³-hybridized carbons (Fsp3) is 0.282. The summed E-state index contributed by atoms with van der Waals surface area (Å²) in [6, 6.07) is 40.4. The Bertz CT molecular complexity index is 1590. The van der Waals surface area contributed by atoms with Crippen molar-refractivity contribution in [1.29, 1.82) is 0 Å². The molecule has 0 aliphatic heterocycles. The molecule has 1 aliphatic rings. The Morgan fingerprint density at radius 2 is 1.07 bits per heavy atom. The number of rotatable bonds is 15. The van der Waals surface area contributed by atoms with Gasteiger partial charge in [0.15, 0.2) is 10.8 Å². The number of hydrogen-bond donors (Lipinski definition) is 0. The lowest BCUT2D eigenvalue weighted by Gasteiger charge is -2.45.